The number of carbonyl (C=O) groups is 1. The minimum atomic E-state index is -3.03. The van der Waals surface area contributed by atoms with Gasteiger partial charge >= 0.3 is 5.97 Å². The van der Waals surface area contributed by atoms with Gasteiger partial charge in [0, 0.05) is 17.9 Å². The zero-order valence-electron chi connectivity index (χ0n) is 11.9. The van der Waals surface area contributed by atoms with Crippen LogP contribution in [0.5, 0.6) is 11.5 Å². The Morgan fingerprint density at radius 1 is 1.38 bits per heavy atom. The normalized spacial score (nSPS) is 11.5. The maximum Gasteiger partial charge on any atom is 0.328 e. The Hall–Kier alpha value is -2.02. The molecule has 0 bridgehead atoms. The van der Waals surface area contributed by atoms with Crippen LogP contribution in [-0.2, 0) is 14.6 Å². The van der Waals surface area contributed by atoms with Crippen LogP contribution in [0.15, 0.2) is 24.3 Å². The molecule has 0 spiro atoms. The Balaban J connectivity index is 2.84. The average Bonchev–Trinajstić information content (AvgIpc) is 2.40. The Labute approximate surface area is 123 Å². The molecule has 0 aliphatic carbocycles. The van der Waals surface area contributed by atoms with Gasteiger partial charge in [-0.1, -0.05) is 12.1 Å². The van der Waals surface area contributed by atoms with Gasteiger partial charge in [0.25, 0.3) is 0 Å². The molecule has 0 aliphatic rings. The molecule has 116 valence electrons. The van der Waals surface area contributed by atoms with Crippen LogP contribution in [0.1, 0.15) is 12.0 Å². The number of ether oxygens (including phenoxy) is 2. The van der Waals surface area contributed by atoms with E-state index in [2.05, 4.69) is 0 Å². The van der Waals surface area contributed by atoms with Crippen LogP contribution >= 0.6 is 0 Å². The monoisotopic (exact) mass is 314 g/mol. The number of methoxy groups -OCH3 is 1. The summed E-state index contributed by atoms with van der Waals surface area (Å²) in [7, 11) is -1.55. The predicted molar refractivity (Wildman–Crippen MR) is 79.5 cm³/mol. The molecule has 7 heteroatoms. The third kappa shape index (κ3) is 6.31. The number of aliphatic carboxylic acids is 1. The van der Waals surface area contributed by atoms with Gasteiger partial charge in [0.05, 0.1) is 19.5 Å². The minimum absolute atomic E-state index is 0.0302. The fourth-order valence-corrected chi connectivity index (χ4v) is 2.28. The molecule has 6 nitrogen and oxygen atoms in total. The fourth-order valence-electron chi connectivity index (χ4n) is 1.64. The molecule has 1 aromatic carbocycles. The van der Waals surface area contributed by atoms with Crippen LogP contribution < -0.4 is 9.47 Å². The number of hydrogen-bond donors (Lipinski definition) is 1. The van der Waals surface area contributed by atoms with Gasteiger partial charge in [0.2, 0.25) is 0 Å². The van der Waals surface area contributed by atoms with Gasteiger partial charge < -0.3 is 14.6 Å². The van der Waals surface area contributed by atoms with E-state index in [0.29, 0.717) is 23.5 Å². The van der Waals surface area contributed by atoms with Gasteiger partial charge in [-0.3, -0.25) is 0 Å². The fraction of sp³-hybridized carbons (Fsp3) is 0.357. The molecular formula is C14H18O6S. The van der Waals surface area contributed by atoms with E-state index < -0.39 is 15.8 Å². The molecule has 0 saturated carbocycles. The van der Waals surface area contributed by atoms with E-state index in [9.17, 15) is 13.2 Å². The lowest BCUT2D eigenvalue weighted by molar-refractivity contribution is -0.131. The standard InChI is InChI=1S/C14H18O6S/c1-19-12-6-3-5-11(7-8-13(15)16)14(12)20-9-4-10-21(2,17)18/h3,5-8H,4,9-10H2,1-2H3,(H,15,16). The van der Waals surface area contributed by atoms with Crippen molar-refractivity contribution in [2.75, 3.05) is 25.7 Å². The van der Waals surface area contributed by atoms with E-state index in [4.69, 9.17) is 14.6 Å². The number of rotatable bonds is 8. The number of para-hydroxylation sites is 1. The van der Waals surface area contributed by atoms with Crippen molar-refractivity contribution in [2.24, 2.45) is 0 Å². The van der Waals surface area contributed by atoms with Gasteiger partial charge in [-0.25, -0.2) is 13.2 Å². The quantitative estimate of drug-likeness (QED) is 0.579. The number of carboxylic acids is 1. The highest BCUT2D eigenvalue weighted by Gasteiger charge is 2.10. The van der Waals surface area contributed by atoms with Gasteiger partial charge in [0.15, 0.2) is 11.5 Å². The van der Waals surface area contributed by atoms with E-state index >= 15 is 0 Å². The first kappa shape index (κ1) is 17.0. The van der Waals surface area contributed by atoms with Crippen LogP contribution in [0, 0.1) is 0 Å². The smallest absolute Gasteiger partial charge is 0.328 e. The Morgan fingerprint density at radius 3 is 2.67 bits per heavy atom. The third-order valence-electron chi connectivity index (χ3n) is 2.54. The van der Waals surface area contributed by atoms with Crippen LogP contribution in [0.3, 0.4) is 0 Å². The number of sulfone groups is 1. The molecule has 0 heterocycles. The van der Waals surface area contributed by atoms with Crippen molar-refractivity contribution < 1.29 is 27.8 Å². The van der Waals surface area contributed by atoms with Crippen LogP contribution in [-0.4, -0.2) is 45.2 Å². The summed E-state index contributed by atoms with van der Waals surface area (Å²) in [6, 6.07) is 5.08. The minimum Gasteiger partial charge on any atom is -0.493 e. The summed E-state index contributed by atoms with van der Waals surface area (Å²) in [5.41, 5.74) is 0.552. The second-order valence-corrected chi connectivity index (χ2v) is 6.64. The molecule has 1 rings (SSSR count). The zero-order valence-corrected chi connectivity index (χ0v) is 12.7. The summed E-state index contributed by atoms with van der Waals surface area (Å²) in [6.07, 6.45) is 3.91. The van der Waals surface area contributed by atoms with Gasteiger partial charge in [-0.05, 0) is 18.6 Å². The number of carboxylic acid groups (broad SMARTS) is 1. The maximum absolute atomic E-state index is 11.1. The highest BCUT2D eigenvalue weighted by Crippen LogP contribution is 2.32. The van der Waals surface area contributed by atoms with Crippen molar-refractivity contribution in [3.8, 4) is 11.5 Å². The largest absolute Gasteiger partial charge is 0.493 e. The van der Waals surface area contributed by atoms with Crippen molar-refractivity contribution >= 4 is 21.9 Å². The first-order valence-electron chi connectivity index (χ1n) is 6.22. The van der Waals surface area contributed by atoms with Gasteiger partial charge in [-0.15, -0.1) is 0 Å². The maximum atomic E-state index is 11.1. The second kappa shape index (κ2) is 7.68. The molecular weight excluding hydrogens is 296 g/mol. The topological polar surface area (TPSA) is 89.9 Å². The summed E-state index contributed by atoms with van der Waals surface area (Å²) in [5.74, 6) is -0.184. The Bertz CT molecular complexity index is 618. The van der Waals surface area contributed by atoms with Crippen LogP contribution in [0.2, 0.25) is 0 Å². The van der Waals surface area contributed by atoms with E-state index in [1.165, 1.54) is 13.2 Å². The highest BCUT2D eigenvalue weighted by atomic mass is 32.2. The molecule has 0 saturated heterocycles. The lowest BCUT2D eigenvalue weighted by atomic mass is 10.1. The average molecular weight is 314 g/mol. The summed E-state index contributed by atoms with van der Waals surface area (Å²) in [5, 5.41) is 8.67. The van der Waals surface area contributed by atoms with E-state index in [-0.39, 0.29) is 12.4 Å². The van der Waals surface area contributed by atoms with Crippen LogP contribution in [0.25, 0.3) is 6.08 Å². The third-order valence-corrected chi connectivity index (χ3v) is 3.57. The lowest BCUT2D eigenvalue weighted by Gasteiger charge is -2.13. The predicted octanol–water partition coefficient (Wildman–Crippen LogP) is 1.61. The first-order valence-corrected chi connectivity index (χ1v) is 8.28. The van der Waals surface area contributed by atoms with Gasteiger partial charge in [-0.2, -0.15) is 0 Å². The molecule has 1 aromatic rings. The Morgan fingerprint density at radius 2 is 2.10 bits per heavy atom. The summed E-state index contributed by atoms with van der Waals surface area (Å²) in [4.78, 5) is 10.6. The SMILES string of the molecule is COc1cccc(C=CC(=O)O)c1OCCCS(C)(=O)=O. The summed E-state index contributed by atoms with van der Waals surface area (Å²) in [6.45, 7) is 0.196. The molecule has 0 unspecified atom stereocenters. The van der Waals surface area contributed by atoms with Crippen molar-refractivity contribution in [1.82, 2.24) is 0 Å². The second-order valence-electron chi connectivity index (χ2n) is 4.38. The zero-order chi connectivity index (χ0) is 15.9. The molecule has 0 radical (unpaired) electrons. The molecule has 0 aliphatic heterocycles. The van der Waals surface area contributed by atoms with Crippen molar-refractivity contribution in [3.63, 3.8) is 0 Å². The van der Waals surface area contributed by atoms with Crippen molar-refractivity contribution in [2.45, 2.75) is 6.42 Å². The molecule has 1 N–H and O–H groups in total. The number of benzene rings is 1. The number of hydrogen-bond acceptors (Lipinski definition) is 5. The highest BCUT2D eigenvalue weighted by molar-refractivity contribution is 7.90. The Kier molecular flexibility index (Phi) is 6.23. The van der Waals surface area contributed by atoms with Crippen LogP contribution in [0.4, 0.5) is 0 Å². The molecule has 0 fully saturated rings. The van der Waals surface area contributed by atoms with E-state index in [0.717, 1.165) is 12.3 Å². The first-order chi connectivity index (χ1) is 9.83. The van der Waals surface area contributed by atoms with Crippen molar-refractivity contribution in [1.29, 1.82) is 0 Å². The summed E-state index contributed by atoms with van der Waals surface area (Å²) < 4.78 is 32.8. The van der Waals surface area contributed by atoms with E-state index in [1.54, 1.807) is 18.2 Å². The molecule has 21 heavy (non-hydrogen) atoms. The van der Waals surface area contributed by atoms with E-state index in [1.807, 2.05) is 0 Å². The summed E-state index contributed by atoms with van der Waals surface area (Å²) >= 11 is 0. The molecule has 0 amide bonds. The molecule has 0 aromatic heterocycles. The molecule has 0 atom stereocenters. The van der Waals surface area contributed by atoms with Crippen molar-refractivity contribution in [3.05, 3.63) is 29.8 Å². The lowest BCUT2D eigenvalue weighted by Crippen LogP contribution is -2.09. The van der Waals surface area contributed by atoms with Gasteiger partial charge in [0.1, 0.15) is 9.84 Å².